The van der Waals surface area contributed by atoms with Crippen molar-refractivity contribution in [3.05, 3.63) is 64.4 Å². The van der Waals surface area contributed by atoms with Crippen LogP contribution >= 0.6 is 11.6 Å². The fraction of sp³-hybridized carbons (Fsp3) is 0.188. The van der Waals surface area contributed by atoms with E-state index in [9.17, 15) is 4.39 Å². The van der Waals surface area contributed by atoms with Crippen molar-refractivity contribution in [1.82, 2.24) is 0 Å². The smallest absolute Gasteiger partial charge is 0.129 e. The molecule has 0 unspecified atom stereocenters. The van der Waals surface area contributed by atoms with Gasteiger partial charge >= 0.3 is 0 Å². The third-order valence-electron chi connectivity index (χ3n) is 3.05. The Bertz CT molecular complexity index is 641. The van der Waals surface area contributed by atoms with E-state index in [2.05, 4.69) is 5.16 Å². The maximum atomic E-state index is 13.6. The Hall–Kier alpha value is -2.07. The molecule has 110 valence electrons. The van der Waals surface area contributed by atoms with E-state index in [1.165, 1.54) is 12.1 Å². The fourth-order valence-corrected chi connectivity index (χ4v) is 2.09. The van der Waals surface area contributed by atoms with Gasteiger partial charge in [0.25, 0.3) is 0 Å². The molecule has 0 bridgehead atoms. The third-order valence-corrected chi connectivity index (χ3v) is 3.28. The van der Waals surface area contributed by atoms with Crippen molar-refractivity contribution in [3.63, 3.8) is 0 Å². The zero-order valence-corrected chi connectivity index (χ0v) is 12.3. The highest BCUT2D eigenvalue weighted by Gasteiger charge is 2.05. The van der Waals surface area contributed by atoms with Gasteiger partial charge in [0.05, 0.1) is 5.71 Å². The largest absolute Gasteiger partial charge is 0.489 e. The topological polar surface area (TPSA) is 41.8 Å². The molecule has 0 atom stereocenters. The lowest BCUT2D eigenvalue weighted by molar-refractivity contribution is 0.300. The van der Waals surface area contributed by atoms with Gasteiger partial charge in [-0.3, -0.25) is 0 Å². The van der Waals surface area contributed by atoms with Crippen LogP contribution in [0.3, 0.4) is 0 Å². The molecule has 3 nitrogen and oxygen atoms in total. The second-order valence-corrected chi connectivity index (χ2v) is 4.89. The van der Waals surface area contributed by atoms with Crippen LogP contribution in [0.4, 0.5) is 4.39 Å². The number of ether oxygens (including phenoxy) is 1. The van der Waals surface area contributed by atoms with Crippen LogP contribution in [0.15, 0.2) is 47.6 Å². The van der Waals surface area contributed by atoms with Crippen LogP contribution in [0.25, 0.3) is 0 Å². The second-order valence-electron chi connectivity index (χ2n) is 4.45. The maximum Gasteiger partial charge on any atom is 0.129 e. The van der Waals surface area contributed by atoms with Gasteiger partial charge in [-0.05, 0) is 54.4 Å². The molecule has 0 heterocycles. The number of hydrogen-bond donors (Lipinski definition) is 1. The average Bonchev–Trinajstić information content (AvgIpc) is 2.51. The average molecular weight is 308 g/mol. The first-order valence-corrected chi connectivity index (χ1v) is 6.90. The first-order chi connectivity index (χ1) is 10.1. The van der Waals surface area contributed by atoms with Gasteiger partial charge in [-0.15, -0.1) is 0 Å². The molecule has 0 fully saturated rings. The predicted octanol–water partition coefficient (Wildman–Crippen LogP) is 4.65. The first-order valence-electron chi connectivity index (χ1n) is 6.52. The van der Waals surface area contributed by atoms with Crippen molar-refractivity contribution < 1.29 is 14.3 Å². The highest BCUT2D eigenvalue weighted by atomic mass is 35.5. The minimum atomic E-state index is -0.350. The Kier molecular flexibility index (Phi) is 5.17. The van der Waals surface area contributed by atoms with E-state index in [0.717, 1.165) is 5.56 Å². The molecule has 2 aromatic carbocycles. The molecular formula is C16H15ClFNO2. The monoisotopic (exact) mass is 307 g/mol. The summed E-state index contributed by atoms with van der Waals surface area (Å²) in [6, 6.07) is 11.4. The summed E-state index contributed by atoms with van der Waals surface area (Å²) in [4.78, 5) is 0. The number of oxime groups is 1. The molecule has 0 radical (unpaired) electrons. The van der Waals surface area contributed by atoms with Crippen molar-refractivity contribution >= 4 is 17.3 Å². The Morgan fingerprint density at radius 1 is 1.24 bits per heavy atom. The second kappa shape index (κ2) is 7.09. The lowest BCUT2D eigenvalue weighted by Crippen LogP contribution is -2.01. The van der Waals surface area contributed by atoms with Crippen LogP contribution < -0.4 is 4.74 Å². The molecule has 0 saturated carbocycles. The van der Waals surface area contributed by atoms with Gasteiger partial charge in [-0.25, -0.2) is 4.39 Å². The van der Waals surface area contributed by atoms with Gasteiger partial charge < -0.3 is 9.94 Å². The summed E-state index contributed by atoms with van der Waals surface area (Å²) < 4.78 is 19.1. The summed E-state index contributed by atoms with van der Waals surface area (Å²) in [6.07, 6.45) is 0.629. The van der Waals surface area contributed by atoms with Crippen LogP contribution in [0, 0.1) is 5.82 Å². The summed E-state index contributed by atoms with van der Waals surface area (Å²) in [6.45, 7) is 2.00. The van der Waals surface area contributed by atoms with Crippen molar-refractivity contribution in [2.75, 3.05) is 0 Å². The maximum absolute atomic E-state index is 13.6. The molecule has 1 N–H and O–H groups in total. The molecule has 0 amide bonds. The zero-order valence-electron chi connectivity index (χ0n) is 11.5. The highest BCUT2D eigenvalue weighted by Crippen LogP contribution is 2.19. The summed E-state index contributed by atoms with van der Waals surface area (Å²) in [5.41, 5.74) is 1.82. The van der Waals surface area contributed by atoms with E-state index in [1.807, 2.05) is 6.92 Å². The number of hydrogen-bond acceptors (Lipinski definition) is 3. The molecule has 0 saturated heterocycles. The molecule has 0 aromatic heterocycles. The minimum Gasteiger partial charge on any atom is -0.489 e. The van der Waals surface area contributed by atoms with E-state index < -0.39 is 0 Å². The van der Waals surface area contributed by atoms with E-state index in [1.54, 1.807) is 30.3 Å². The minimum absolute atomic E-state index is 0.0977. The lowest BCUT2D eigenvalue weighted by Gasteiger charge is -2.08. The molecule has 0 aliphatic carbocycles. The van der Waals surface area contributed by atoms with Crippen molar-refractivity contribution in [3.8, 4) is 5.75 Å². The molecule has 5 heteroatoms. The van der Waals surface area contributed by atoms with Gasteiger partial charge in [0.1, 0.15) is 18.2 Å². The normalized spacial score (nSPS) is 11.5. The summed E-state index contributed by atoms with van der Waals surface area (Å²) in [7, 11) is 0. The Labute approximate surface area is 127 Å². The van der Waals surface area contributed by atoms with Crippen LogP contribution in [-0.2, 0) is 6.61 Å². The summed E-state index contributed by atoms with van der Waals surface area (Å²) in [5.74, 6) is 0.253. The van der Waals surface area contributed by atoms with Crippen molar-refractivity contribution in [2.45, 2.75) is 20.0 Å². The van der Waals surface area contributed by atoms with Crippen LogP contribution in [0.5, 0.6) is 5.75 Å². The standard InChI is InChI=1S/C16H15ClFNO2/c1-2-16(19-20)11-3-6-14(7-4-11)21-10-12-9-13(17)5-8-15(12)18/h3-9,20H,2,10H2,1H3/b19-16-. The van der Waals surface area contributed by atoms with Crippen LogP contribution in [0.2, 0.25) is 5.02 Å². The molecule has 2 rings (SSSR count). The summed E-state index contributed by atoms with van der Waals surface area (Å²) >= 11 is 5.83. The first kappa shape index (κ1) is 15.3. The van der Waals surface area contributed by atoms with Gasteiger partial charge in [-0.1, -0.05) is 23.7 Å². The lowest BCUT2D eigenvalue weighted by atomic mass is 10.1. The van der Waals surface area contributed by atoms with Gasteiger partial charge in [0.2, 0.25) is 0 Å². The quantitative estimate of drug-likeness (QED) is 0.496. The van der Waals surface area contributed by atoms with E-state index in [4.69, 9.17) is 21.5 Å². The van der Waals surface area contributed by atoms with Crippen molar-refractivity contribution in [2.24, 2.45) is 5.16 Å². The van der Waals surface area contributed by atoms with Crippen LogP contribution in [-0.4, -0.2) is 10.9 Å². The van der Waals surface area contributed by atoms with Gasteiger partial charge in [0.15, 0.2) is 0 Å². The van der Waals surface area contributed by atoms with E-state index >= 15 is 0 Å². The summed E-state index contributed by atoms with van der Waals surface area (Å²) in [5, 5.41) is 12.6. The van der Waals surface area contributed by atoms with Crippen molar-refractivity contribution in [1.29, 1.82) is 0 Å². The van der Waals surface area contributed by atoms with E-state index in [0.29, 0.717) is 28.5 Å². The van der Waals surface area contributed by atoms with Gasteiger partial charge in [-0.2, -0.15) is 0 Å². The Morgan fingerprint density at radius 3 is 2.57 bits per heavy atom. The molecule has 21 heavy (non-hydrogen) atoms. The van der Waals surface area contributed by atoms with Crippen LogP contribution in [0.1, 0.15) is 24.5 Å². The zero-order chi connectivity index (χ0) is 15.2. The number of rotatable bonds is 5. The number of halogens is 2. The molecule has 0 aliphatic rings. The molecule has 2 aromatic rings. The van der Waals surface area contributed by atoms with Gasteiger partial charge in [0, 0.05) is 10.6 Å². The molecule has 0 spiro atoms. The SMILES string of the molecule is CC/C(=N/O)c1ccc(OCc2cc(Cl)ccc2F)cc1. The fourth-order valence-electron chi connectivity index (χ4n) is 1.89. The molecule has 0 aliphatic heterocycles. The third kappa shape index (κ3) is 3.95. The highest BCUT2D eigenvalue weighted by molar-refractivity contribution is 6.30. The predicted molar refractivity (Wildman–Crippen MR) is 80.8 cm³/mol. The number of nitrogens with zero attached hydrogens (tertiary/aromatic N) is 1. The Balaban J connectivity index is 2.05. The van der Waals surface area contributed by atoms with E-state index in [-0.39, 0.29) is 12.4 Å². The Morgan fingerprint density at radius 2 is 1.95 bits per heavy atom. The number of benzene rings is 2. The molecular weight excluding hydrogens is 293 g/mol.